The lowest BCUT2D eigenvalue weighted by Crippen LogP contribution is -2.34. The van der Waals surface area contributed by atoms with Crippen LogP contribution in [0.3, 0.4) is 0 Å². The van der Waals surface area contributed by atoms with Gasteiger partial charge in [-0.2, -0.15) is 0 Å². The Morgan fingerprint density at radius 2 is 2.06 bits per heavy atom. The van der Waals surface area contributed by atoms with Crippen LogP contribution < -0.4 is 10.6 Å². The topological polar surface area (TPSA) is 44.4 Å². The molecule has 4 nitrogen and oxygen atoms in total. The highest BCUT2D eigenvalue weighted by Crippen LogP contribution is 2.24. The number of hydrogen-bond donors (Lipinski definition) is 2. The summed E-state index contributed by atoms with van der Waals surface area (Å²) < 4.78 is 0. The maximum Gasteiger partial charge on any atom is 0.319 e. The predicted molar refractivity (Wildman–Crippen MR) is 79.0 cm³/mol. The third kappa shape index (κ3) is 5.58. The van der Waals surface area contributed by atoms with E-state index >= 15 is 0 Å². The zero-order valence-electron chi connectivity index (χ0n) is 10.8. The summed E-state index contributed by atoms with van der Waals surface area (Å²) in [5, 5.41) is 6.07. The van der Waals surface area contributed by atoms with Gasteiger partial charge in [0.05, 0.1) is 10.7 Å². The van der Waals surface area contributed by atoms with E-state index in [1.165, 1.54) is 0 Å². The minimum Gasteiger partial charge on any atom is -0.337 e. The molecule has 0 bridgehead atoms. The number of likely N-dealkylation sites (N-methyl/N-ethyl adjacent to an activating group) is 1. The Balaban J connectivity index is 0.00000289. The third-order valence-corrected chi connectivity index (χ3v) is 2.62. The van der Waals surface area contributed by atoms with Crippen LogP contribution in [-0.2, 0) is 0 Å². The average molecular weight is 292 g/mol. The van der Waals surface area contributed by atoms with Gasteiger partial charge < -0.3 is 15.5 Å². The normalized spacial score (nSPS) is 9.83. The van der Waals surface area contributed by atoms with Gasteiger partial charge in [0.15, 0.2) is 0 Å². The molecule has 0 aliphatic heterocycles. The van der Waals surface area contributed by atoms with Crippen LogP contribution in [0.4, 0.5) is 10.5 Å². The van der Waals surface area contributed by atoms with Gasteiger partial charge in [0.25, 0.3) is 0 Å². The number of benzene rings is 1. The Bertz CT molecular complexity index is 377. The van der Waals surface area contributed by atoms with E-state index in [9.17, 15) is 4.79 Å². The van der Waals surface area contributed by atoms with Crippen molar-refractivity contribution < 1.29 is 4.79 Å². The number of carbonyl (C=O) groups excluding carboxylic acids is 1. The average Bonchev–Trinajstić information content (AvgIpc) is 2.23. The van der Waals surface area contributed by atoms with Crippen LogP contribution in [0.25, 0.3) is 0 Å². The van der Waals surface area contributed by atoms with Crippen molar-refractivity contribution in [3.63, 3.8) is 0 Å². The zero-order chi connectivity index (χ0) is 12.8. The van der Waals surface area contributed by atoms with Crippen molar-refractivity contribution in [1.82, 2.24) is 10.2 Å². The standard InChI is InChI=1S/C12H18ClN3O.ClH/c1-9-5-4-6-10(13)11(9)15-12(17)14-7-8-16(2)3;/h4-6H,7-8H2,1-3H3,(H2,14,15,17);1H. The van der Waals surface area contributed by atoms with E-state index < -0.39 is 0 Å². The van der Waals surface area contributed by atoms with Gasteiger partial charge in [-0.25, -0.2) is 4.79 Å². The maximum absolute atomic E-state index is 11.6. The van der Waals surface area contributed by atoms with Gasteiger partial charge in [0.2, 0.25) is 0 Å². The fourth-order valence-corrected chi connectivity index (χ4v) is 1.61. The predicted octanol–water partition coefficient (Wildman–Crippen LogP) is 2.75. The van der Waals surface area contributed by atoms with Crippen molar-refractivity contribution in [2.75, 3.05) is 32.5 Å². The molecule has 0 aromatic heterocycles. The number of urea groups is 1. The Hall–Kier alpha value is -0.970. The number of halogens is 2. The van der Waals surface area contributed by atoms with Gasteiger partial charge >= 0.3 is 6.03 Å². The maximum atomic E-state index is 11.6. The van der Waals surface area contributed by atoms with Gasteiger partial charge in [-0.05, 0) is 32.6 Å². The Morgan fingerprint density at radius 1 is 1.39 bits per heavy atom. The fraction of sp³-hybridized carbons (Fsp3) is 0.417. The molecule has 0 aliphatic rings. The summed E-state index contributed by atoms with van der Waals surface area (Å²) in [6.45, 7) is 3.30. The molecule has 1 rings (SSSR count). The van der Waals surface area contributed by atoms with E-state index in [1.807, 2.05) is 38.1 Å². The first-order chi connectivity index (χ1) is 8.00. The van der Waals surface area contributed by atoms with Crippen LogP contribution in [0.5, 0.6) is 0 Å². The number of nitrogens with zero attached hydrogens (tertiary/aromatic N) is 1. The van der Waals surface area contributed by atoms with Crippen LogP contribution in [0.1, 0.15) is 5.56 Å². The van der Waals surface area contributed by atoms with Crippen LogP contribution in [0.2, 0.25) is 5.02 Å². The lowest BCUT2D eigenvalue weighted by atomic mass is 10.2. The van der Waals surface area contributed by atoms with E-state index in [2.05, 4.69) is 10.6 Å². The summed E-state index contributed by atoms with van der Waals surface area (Å²) in [4.78, 5) is 13.6. The number of para-hydroxylation sites is 1. The second-order valence-corrected chi connectivity index (χ2v) is 4.52. The van der Waals surface area contributed by atoms with E-state index in [0.717, 1.165) is 12.1 Å². The third-order valence-electron chi connectivity index (χ3n) is 2.31. The van der Waals surface area contributed by atoms with E-state index in [0.29, 0.717) is 17.3 Å². The first-order valence-corrected chi connectivity index (χ1v) is 5.83. The quantitative estimate of drug-likeness (QED) is 0.896. The van der Waals surface area contributed by atoms with Gasteiger partial charge in [-0.3, -0.25) is 0 Å². The summed E-state index contributed by atoms with van der Waals surface area (Å²) in [5.74, 6) is 0. The Labute approximate surface area is 119 Å². The smallest absolute Gasteiger partial charge is 0.319 e. The van der Waals surface area contributed by atoms with Gasteiger partial charge in [0, 0.05) is 13.1 Å². The molecule has 0 saturated carbocycles. The number of aryl methyl sites for hydroxylation is 1. The molecule has 0 unspecified atom stereocenters. The highest BCUT2D eigenvalue weighted by molar-refractivity contribution is 6.33. The highest BCUT2D eigenvalue weighted by Gasteiger charge is 2.07. The molecule has 6 heteroatoms. The van der Waals surface area contributed by atoms with E-state index in [4.69, 9.17) is 11.6 Å². The van der Waals surface area contributed by atoms with E-state index in [1.54, 1.807) is 6.07 Å². The number of hydrogen-bond acceptors (Lipinski definition) is 2. The molecular weight excluding hydrogens is 273 g/mol. The molecule has 0 heterocycles. The van der Waals surface area contributed by atoms with Crippen molar-refractivity contribution in [1.29, 1.82) is 0 Å². The second kappa shape index (κ2) is 8.19. The molecule has 0 fully saturated rings. The molecule has 2 amide bonds. The second-order valence-electron chi connectivity index (χ2n) is 4.12. The lowest BCUT2D eigenvalue weighted by molar-refractivity contribution is 0.250. The number of amides is 2. The first-order valence-electron chi connectivity index (χ1n) is 5.45. The molecular formula is C12H19Cl2N3O. The highest BCUT2D eigenvalue weighted by atomic mass is 35.5. The first kappa shape index (κ1) is 17.0. The SMILES string of the molecule is Cc1cccc(Cl)c1NC(=O)NCCN(C)C.Cl. The number of carbonyl (C=O) groups is 1. The molecule has 18 heavy (non-hydrogen) atoms. The van der Waals surface area contributed by atoms with Gasteiger partial charge in [-0.1, -0.05) is 23.7 Å². The summed E-state index contributed by atoms with van der Waals surface area (Å²) >= 11 is 6.01. The number of nitrogens with one attached hydrogen (secondary N) is 2. The van der Waals surface area contributed by atoms with Crippen molar-refractivity contribution in [3.8, 4) is 0 Å². The Morgan fingerprint density at radius 3 is 2.61 bits per heavy atom. The Kier molecular flexibility index (Phi) is 7.75. The van der Waals surface area contributed by atoms with Crippen molar-refractivity contribution in [3.05, 3.63) is 28.8 Å². The lowest BCUT2D eigenvalue weighted by Gasteiger charge is -2.13. The molecule has 1 aromatic carbocycles. The van der Waals surface area contributed by atoms with Crippen LogP contribution in [0, 0.1) is 6.92 Å². The van der Waals surface area contributed by atoms with Crippen molar-refractivity contribution >= 4 is 35.7 Å². The van der Waals surface area contributed by atoms with Crippen LogP contribution >= 0.6 is 24.0 Å². The summed E-state index contributed by atoms with van der Waals surface area (Å²) in [5.41, 5.74) is 1.61. The zero-order valence-corrected chi connectivity index (χ0v) is 12.4. The van der Waals surface area contributed by atoms with Crippen molar-refractivity contribution in [2.24, 2.45) is 0 Å². The fourth-order valence-electron chi connectivity index (χ4n) is 1.34. The van der Waals surface area contributed by atoms with Crippen LogP contribution in [-0.4, -0.2) is 38.1 Å². The summed E-state index contributed by atoms with van der Waals surface area (Å²) in [7, 11) is 3.91. The van der Waals surface area contributed by atoms with Crippen molar-refractivity contribution in [2.45, 2.75) is 6.92 Å². The van der Waals surface area contributed by atoms with Crippen LogP contribution in [0.15, 0.2) is 18.2 Å². The number of rotatable bonds is 4. The number of anilines is 1. The van der Waals surface area contributed by atoms with Gasteiger partial charge in [-0.15, -0.1) is 12.4 Å². The van der Waals surface area contributed by atoms with E-state index in [-0.39, 0.29) is 18.4 Å². The van der Waals surface area contributed by atoms with Gasteiger partial charge in [0.1, 0.15) is 0 Å². The molecule has 0 aliphatic carbocycles. The molecule has 0 atom stereocenters. The monoisotopic (exact) mass is 291 g/mol. The molecule has 0 saturated heterocycles. The summed E-state index contributed by atoms with van der Waals surface area (Å²) in [6.07, 6.45) is 0. The molecule has 0 spiro atoms. The summed E-state index contributed by atoms with van der Waals surface area (Å²) in [6, 6.07) is 5.28. The minimum atomic E-state index is -0.233. The minimum absolute atomic E-state index is 0. The molecule has 0 radical (unpaired) electrons. The molecule has 102 valence electrons. The largest absolute Gasteiger partial charge is 0.337 e. The molecule has 1 aromatic rings. The molecule has 2 N–H and O–H groups in total.